The molecule has 0 atom stereocenters. The number of hydrogen-bond acceptors (Lipinski definition) is 4. The van der Waals surface area contributed by atoms with Gasteiger partial charge in [-0.2, -0.15) is 4.98 Å². The molecule has 0 saturated heterocycles. The average molecular weight is 246 g/mol. The topological polar surface area (TPSA) is 49.8 Å². The van der Waals surface area contributed by atoms with E-state index in [0.717, 1.165) is 11.3 Å². The van der Waals surface area contributed by atoms with Gasteiger partial charge in [0.1, 0.15) is 11.6 Å². The predicted octanol–water partition coefficient (Wildman–Crippen LogP) is 3.02. The zero-order valence-corrected chi connectivity index (χ0v) is 10.6. The molecule has 0 bridgehead atoms. The van der Waals surface area contributed by atoms with Crippen LogP contribution in [-0.4, -0.2) is 17.0 Å². The number of halogens is 1. The lowest BCUT2D eigenvalue weighted by Crippen LogP contribution is -2.03. The molecule has 0 radical (unpaired) electrons. The van der Waals surface area contributed by atoms with Gasteiger partial charge >= 0.3 is 0 Å². The van der Waals surface area contributed by atoms with Crippen LogP contribution < -0.4 is 10.6 Å². The summed E-state index contributed by atoms with van der Waals surface area (Å²) < 4.78 is 13.6. The summed E-state index contributed by atoms with van der Waals surface area (Å²) in [5, 5.41) is 5.83. The minimum absolute atomic E-state index is 0.303. The van der Waals surface area contributed by atoms with Crippen molar-refractivity contribution in [2.24, 2.45) is 0 Å². The Labute approximate surface area is 105 Å². The van der Waals surface area contributed by atoms with E-state index in [4.69, 9.17) is 0 Å². The van der Waals surface area contributed by atoms with Gasteiger partial charge in [0.05, 0.1) is 5.69 Å². The molecule has 4 nitrogen and oxygen atoms in total. The van der Waals surface area contributed by atoms with Gasteiger partial charge in [-0.05, 0) is 31.5 Å². The van der Waals surface area contributed by atoms with Crippen LogP contribution in [0.1, 0.15) is 11.3 Å². The first kappa shape index (κ1) is 12.3. The molecule has 0 fully saturated rings. The molecule has 0 amide bonds. The zero-order valence-electron chi connectivity index (χ0n) is 10.6. The third-order valence-corrected chi connectivity index (χ3v) is 2.46. The fourth-order valence-electron chi connectivity index (χ4n) is 1.62. The first-order valence-electron chi connectivity index (χ1n) is 5.65. The van der Waals surface area contributed by atoms with Crippen LogP contribution in [0.25, 0.3) is 0 Å². The highest BCUT2D eigenvalue weighted by molar-refractivity contribution is 5.59. The molecule has 1 aromatic carbocycles. The maximum atomic E-state index is 13.6. The molecule has 94 valence electrons. The average Bonchev–Trinajstić information content (AvgIpc) is 2.33. The molecule has 5 heteroatoms. The largest absolute Gasteiger partial charge is 0.357 e. The van der Waals surface area contributed by atoms with Crippen LogP contribution in [0.4, 0.5) is 21.8 Å². The zero-order chi connectivity index (χ0) is 13.1. The third-order valence-electron chi connectivity index (χ3n) is 2.46. The third kappa shape index (κ3) is 2.74. The molecule has 0 unspecified atom stereocenters. The summed E-state index contributed by atoms with van der Waals surface area (Å²) in [6.45, 7) is 3.77. The number of hydrogen-bond donors (Lipinski definition) is 2. The summed E-state index contributed by atoms with van der Waals surface area (Å²) in [5.74, 6) is 0.768. The second-order valence-electron chi connectivity index (χ2n) is 4.08. The first-order chi connectivity index (χ1) is 8.58. The monoisotopic (exact) mass is 246 g/mol. The van der Waals surface area contributed by atoms with Crippen molar-refractivity contribution >= 4 is 17.5 Å². The van der Waals surface area contributed by atoms with Crippen LogP contribution >= 0.6 is 0 Å². The van der Waals surface area contributed by atoms with Crippen molar-refractivity contribution in [3.63, 3.8) is 0 Å². The molecule has 0 saturated carbocycles. The number of anilines is 3. The minimum atomic E-state index is -0.303. The maximum Gasteiger partial charge on any atom is 0.224 e. The highest BCUT2D eigenvalue weighted by Gasteiger charge is 2.05. The van der Waals surface area contributed by atoms with Gasteiger partial charge < -0.3 is 10.6 Å². The van der Waals surface area contributed by atoms with Crippen molar-refractivity contribution in [3.05, 3.63) is 41.3 Å². The van der Waals surface area contributed by atoms with Gasteiger partial charge in [0, 0.05) is 18.8 Å². The number of benzene rings is 1. The number of aryl methyl sites for hydroxylation is 2. The molecule has 0 aliphatic heterocycles. The Morgan fingerprint density at radius 2 is 1.89 bits per heavy atom. The summed E-state index contributed by atoms with van der Waals surface area (Å²) in [5.41, 5.74) is 2.21. The summed E-state index contributed by atoms with van der Waals surface area (Å²) in [6, 6.07) is 6.67. The smallest absolute Gasteiger partial charge is 0.224 e. The van der Waals surface area contributed by atoms with E-state index in [9.17, 15) is 4.39 Å². The van der Waals surface area contributed by atoms with E-state index in [1.54, 1.807) is 25.2 Å². The Hall–Kier alpha value is -2.17. The minimum Gasteiger partial charge on any atom is -0.357 e. The normalized spacial score (nSPS) is 10.2. The molecule has 2 aromatic rings. The first-order valence-corrected chi connectivity index (χ1v) is 5.65. The van der Waals surface area contributed by atoms with Gasteiger partial charge in [0.2, 0.25) is 5.95 Å². The van der Waals surface area contributed by atoms with Crippen molar-refractivity contribution in [2.45, 2.75) is 13.8 Å². The van der Waals surface area contributed by atoms with E-state index in [1.165, 1.54) is 6.07 Å². The molecule has 2 rings (SSSR count). The molecule has 0 aliphatic carbocycles. The van der Waals surface area contributed by atoms with Crippen molar-refractivity contribution in [2.75, 3.05) is 17.7 Å². The summed E-state index contributed by atoms with van der Waals surface area (Å²) >= 11 is 0. The van der Waals surface area contributed by atoms with Crippen molar-refractivity contribution in [1.29, 1.82) is 0 Å². The highest BCUT2D eigenvalue weighted by atomic mass is 19.1. The van der Waals surface area contributed by atoms with Crippen molar-refractivity contribution in [1.82, 2.24) is 9.97 Å². The summed E-state index contributed by atoms with van der Waals surface area (Å²) in [6.07, 6.45) is 0. The van der Waals surface area contributed by atoms with E-state index in [-0.39, 0.29) is 5.82 Å². The quantitative estimate of drug-likeness (QED) is 0.874. The Bertz CT molecular complexity index is 569. The Balaban J connectivity index is 2.33. The van der Waals surface area contributed by atoms with E-state index >= 15 is 0 Å². The number of aromatic nitrogens is 2. The molecule has 18 heavy (non-hydrogen) atoms. The SMILES string of the molecule is CNc1nc(C)cc(Nc2cc(C)ccc2F)n1. The summed E-state index contributed by atoms with van der Waals surface area (Å²) in [4.78, 5) is 8.40. The molecular formula is C13H15FN4. The van der Waals surface area contributed by atoms with Crippen LogP contribution in [0.15, 0.2) is 24.3 Å². The maximum absolute atomic E-state index is 13.6. The van der Waals surface area contributed by atoms with Crippen molar-refractivity contribution < 1.29 is 4.39 Å². The fourth-order valence-corrected chi connectivity index (χ4v) is 1.62. The second-order valence-corrected chi connectivity index (χ2v) is 4.08. The standard InChI is InChI=1S/C13H15FN4/c1-8-4-5-10(14)11(6-8)17-12-7-9(2)16-13(15-3)18-12/h4-7H,1-3H3,(H2,15,16,17,18). The molecular weight excluding hydrogens is 231 g/mol. The van der Waals surface area contributed by atoms with Gasteiger partial charge in [-0.25, -0.2) is 9.37 Å². The Morgan fingerprint density at radius 3 is 2.61 bits per heavy atom. The molecule has 1 aromatic heterocycles. The Kier molecular flexibility index (Phi) is 3.41. The van der Waals surface area contributed by atoms with Crippen LogP contribution in [0.5, 0.6) is 0 Å². The predicted molar refractivity (Wildman–Crippen MR) is 70.7 cm³/mol. The van der Waals surface area contributed by atoms with E-state index in [1.807, 2.05) is 13.8 Å². The van der Waals surface area contributed by atoms with Crippen LogP contribution in [0.2, 0.25) is 0 Å². The lowest BCUT2D eigenvalue weighted by atomic mass is 10.2. The lowest BCUT2D eigenvalue weighted by molar-refractivity contribution is 0.631. The second kappa shape index (κ2) is 5.00. The van der Waals surface area contributed by atoms with E-state index in [0.29, 0.717) is 17.5 Å². The highest BCUT2D eigenvalue weighted by Crippen LogP contribution is 2.21. The van der Waals surface area contributed by atoms with E-state index in [2.05, 4.69) is 20.6 Å². The van der Waals surface area contributed by atoms with Crippen LogP contribution in [0, 0.1) is 19.7 Å². The van der Waals surface area contributed by atoms with Gasteiger partial charge in [-0.3, -0.25) is 0 Å². The van der Waals surface area contributed by atoms with Gasteiger partial charge in [-0.1, -0.05) is 6.07 Å². The molecule has 0 spiro atoms. The molecule has 1 heterocycles. The number of nitrogens with one attached hydrogen (secondary N) is 2. The fraction of sp³-hybridized carbons (Fsp3) is 0.231. The molecule has 2 N–H and O–H groups in total. The van der Waals surface area contributed by atoms with Gasteiger partial charge in [0.15, 0.2) is 0 Å². The van der Waals surface area contributed by atoms with E-state index < -0.39 is 0 Å². The van der Waals surface area contributed by atoms with Crippen LogP contribution in [0.3, 0.4) is 0 Å². The van der Waals surface area contributed by atoms with Gasteiger partial charge in [0.25, 0.3) is 0 Å². The Morgan fingerprint density at radius 1 is 1.11 bits per heavy atom. The van der Waals surface area contributed by atoms with Gasteiger partial charge in [-0.15, -0.1) is 0 Å². The lowest BCUT2D eigenvalue weighted by Gasteiger charge is -2.09. The molecule has 0 aliphatic rings. The summed E-state index contributed by atoms with van der Waals surface area (Å²) in [7, 11) is 1.74. The van der Waals surface area contributed by atoms with Crippen molar-refractivity contribution in [3.8, 4) is 0 Å². The number of rotatable bonds is 3. The number of nitrogens with zero attached hydrogens (tertiary/aromatic N) is 2. The van der Waals surface area contributed by atoms with Crippen LogP contribution in [-0.2, 0) is 0 Å².